The minimum atomic E-state index is -1.28. The zero-order chi connectivity index (χ0) is 19.7. The number of methoxy groups -OCH3 is 1. The SMILES string of the molecule is COCC(=O)N1CCc2ccc(N(C)C(=O)c3c(F)cc(F)cc3F)cc21. The van der Waals surface area contributed by atoms with Gasteiger partial charge in [-0.05, 0) is 24.1 Å². The van der Waals surface area contributed by atoms with Crippen LogP contribution in [0.4, 0.5) is 24.5 Å². The van der Waals surface area contributed by atoms with E-state index in [1.54, 1.807) is 23.1 Å². The first-order chi connectivity index (χ1) is 12.8. The summed E-state index contributed by atoms with van der Waals surface area (Å²) < 4.78 is 45.8. The van der Waals surface area contributed by atoms with Gasteiger partial charge in [0.1, 0.15) is 29.6 Å². The third-order valence-electron chi connectivity index (χ3n) is 4.45. The lowest BCUT2D eigenvalue weighted by Crippen LogP contribution is -2.32. The molecule has 0 radical (unpaired) electrons. The number of fused-ring (bicyclic) bond motifs is 1. The molecule has 0 fully saturated rings. The third kappa shape index (κ3) is 3.52. The predicted molar refractivity (Wildman–Crippen MR) is 93.4 cm³/mol. The highest BCUT2D eigenvalue weighted by Gasteiger charge is 2.27. The lowest BCUT2D eigenvalue weighted by atomic mass is 10.1. The second kappa shape index (κ2) is 7.40. The molecule has 0 aliphatic carbocycles. The lowest BCUT2D eigenvalue weighted by Gasteiger charge is -2.21. The molecular formula is C19H17F3N2O3. The van der Waals surface area contributed by atoms with E-state index in [2.05, 4.69) is 0 Å². The summed E-state index contributed by atoms with van der Waals surface area (Å²) in [5, 5.41) is 0. The van der Waals surface area contributed by atoms with Gasteiger partial charge in [-0.3, -0.25) is 9.59 Å². The van der Waals surface area contributed by atoms with Crippen molar-refractivity contribution in [2.24, 2.45) is 0 Å². The average molecular weight is 378 g/mol. The normalized spacial score (nSPS) is 12.9. The number of rotatable bonds is 4. The lowest BCUT2D eigenvalue weighted by molar-refractivity contribution is -0.122. The maximum absolute atomic E-state index is 13.9. The van der Waals surface area contributed by atoms with Gasteiger partial charge in [0.05, 0.1) is 0 Å². The molecule has 0 aromatic heterocycles. The number of carbonyl (C=O) groups excluding carboxylic acids is 2. The molecule has 0 spiro atoms. The number of halogens is 3. The minimum absolute atomic E-state index is 0.0789. The van der Waals surface area contributed by atoms with E-state index in [-0.39, 0.29) is 12.5 Å². The molecule has 1 heterocycles. The molecular weight excluding hydrogens is 361 g/mol. The van der Waals surface area contributed by atoms with E-state index in [4.69, 9.17) is 4.74 Å². The zero-order valence-corrected chi connectivity index (χ0v) is 14.8. The summed E-state index contributed by atoms with van der Waals surface area (Å²) in [5.41, 5.74) is 1.04. The van der Waals surface area contributed by atoms with Gasteiger partial charge in [0.2, 0.25) is 0 Å². The first-order valence-corrected chi connectivity index (χ1v) is 8.18. The molecule has 2 aromatic carbocycles. The van der Waals surface area contributed by atoms with E-state index in [1.807, 2.05) is 0 Å². The number of hydrogen-bond acceptors (Lipinski definition) is 3. The fourth-order valence-corrected chi connectivity index (χ4v) is 3.07. The monoisotopic (exact) mass is 378 g/mol. The molecule has 8 heteroatoms. The highest BCUT2D eigenvalue weighted by molar-refractivity contribution is 6.07. The Kier molecular flexibility index (Phi) is 5.18. The molecule has 2 amide bonds. The van der Waals surface area contributed by atoms with Gasteiger partial charge in [0, 0.05) is 44.2 Å². The molecule has 2 aromatic rings. The Bertz CT molecular complexity index is 894. The highest BCUT2D eigenvalue weighted by atomic mass is 19.1. The van der Waals surface area contributed by atoms with Crippen molar-refractivity contribution in [3.8, 4) is 0 Å². The molecule has 0 N–H and O–H groups in total. The molecule has 0 bridgehead atoms. The Morgan fingerprint density at radius 3 is 2.44 bits per heavy atom. The molecule has 5 nitrogen and oxygen atoms in total. The van der Waals surface area contributed by atoms with Crippen LogP contribution in [0.5, 0.6) is 0 Å². The molecule has 3 rings (SSSR count). The molecule has 0 atom stereocenters. The number of nitrogens with zero attached hydrogens (tertiary/aromatic N) is 2. The largest absolute Gasteiger partial charge is 0.375 e. The summed E-state index contributed by atoms with van der Waals surface area (Å²) in [6, 6.07) is 5.90. The van der Waals surface area contributed by atoms with Crippen molar-refractivity contribution in [2.45, 2.75) is 6.42 Å². The molecule has 0 saturated heterocycles. The zero-order valence-electron chi connectivity index (χ0n) is 14.8. The molecule has 1 aliphatic rings. The van der Waals surface area contributed by atoms with E-state index >= 15 is 0 Å². The smallest absolute Gasteiger partial charge is 0.263 e. The second-order valence-corrected chi connectivity index (χ2v) is 6.15. The summed E-state index contributed by atoms with van der Waals surface area (Å²) in [5.74, 6) is -4.84. The van der Waals surface area contributed by atoms with Crippen molar-refractivity contribution in [1.29, 1.82) is 0 Å². The Hall–Kier alpha value is -2.87. The second-order valence-electron chi connectivity index (χ2n) is 6.15. The van der Waals surface area contributed by atoms with Crippen LogP contribution < -0.4 is 9.80 Å². The van der Waals surface area contributed by atoms with E-state index in [0.29, 0.717) is 36.5 Å². The molecule has 0 unspecified atom stereocenters. The van der Waals surface area contributed by atoms with Crippen LogP contribution in [-0.4, -0.2) is 39.1 Å². The average Bonchev–Trinajstić information content (AvgIpc) is 3.03. The first-order valence-electron chi connectivity index (χ1n) is 8.18. The number of carbonyl (C=O) groups is 2. The van der Waals surface area contributed by atoms with Gasteiger partial charge in [0.25, 0.3) is 11.8 Å². The number of hydrogen-bond donors (Lipinski definition) is 0. The van der Waals surface area contributed by atoms with E-state index in [1.165, 1.54) is 14.2 Å². The topological polar surface area (TPSA) is 49.9 Å². The van der Waals surface area contributed by atoms with Gasteiger partial charge in [-0.25, -0.2) is 13.2 Å². The number of benzene rings is 2. The van der Waals surface area contributed by atoms with Crippen LogP contribution >= 0.6 is 0 Å². The van der Waals surface area contributed by atoms with Crippen molar-refractivity contribution in [2.75, 3.05) is 37.1 Å². The first kappa shape index (κ1) is 18.9. The van der Waals surface area contributed by atoms with Crippen LogP contribution in [0.25, 0.3) is 0 Å². The summed E-state index contributed by atoms with van der Waals surface area (Å²) in [6.07, 6.45) is 0.657. The number of amides is 2. The van der Waals surface area contributed by atoms with Crippen LogP contribution in [0.3, 0.4) is 0 Å². The van der Waals surface area contributed by atoms with Crippen LogP contribution in [0.15, 0.2) is 30.3 Å². The van der Waals surface area contributed by atoms with Crippen molar-refractivity contribution in [3.63, 3.8) is 0 Å². The Labute approximate surface area is 153 Å². The van der Waals surface area contributed by atoms with Gasteiger partial charge in [0.15, 0.2) is 0 Å². The highest BCUT2D eigenvalue weighted by Crippen LogP contribution is 2.32. The number of anilines is 2. The van der Waals surface area contributed by atoms with Crippen molar-refractivity contribution in [3.05, 3.63) is 58.9 Å². The Morgan fingerprint density at radius 2 is 1.81 bits per heavy atom. The van der Waals surface area contributed by atoms with Gasteiger partial charge in [-0.1, -0.05) is 6.07 Å². The summed E-state index contributed by atoms with van der Waals surface area (Å²) in [4.78, 5) is 27.3. The van der Waals surface area contributed by atoms with Crippen molar-refractivity contribution < 1.29 is 27.5 Å². The predicted octanol–water partition coefficient (Wildman–Crippen LogP) is 2.92. The maximum atomic E-state index is 13.9. The number of ether oxygens (including phenoxy) is 1. The maximum Gasteiger partial charge on any atom is 0.263 e. The van der Waals surface area contributed by atoms with Crippen LogP contribution in [-0.2, 0) is 16.0 Å². The van der Waals surface area contributed by atoms with Crippen LogP contribution in [0, 0.1) is 17.5 Å². The van der Waals surface area contributed by atoms with Crippen molar-refractivity contribution in [1.82, 2.24) is 0 Å². The van der Waals surface area contributed by atoms with E-state index < -0.39 is 28.9 Å². The Morgan fingerprint density at radius 1 is 1.15 bits per heavy atom. The van der Waals surface area contributed by atoms with Crippen molar-refractivity contribution >= 4 is 23.2 Å². The van der Waals surface area contributed by atoms with E-state index in [9.17, 15) is 22.8 Å². The molecule has 0 saturated carbocycles. The van der Waals surface area contributed by atoms with Gasteiger partial charge >= 0.3 is 0 Å². The van der Waals surface area contributed by atoms with Gasteiger partial charge in [-0.2, -0.15) is 0 Å². The summed E-state index contributed by atoms with van der Waals surface area (Å²) >= 11 is 0. The molecule has 27 heavy (non-hydrogen) atoms. The van der Waals surface area contributed by atoms with Crippen LogP contribution in [0.1, 0.15) is 15.9 Å². The molecule has 1 aliphatic heterocycles. The Balaban J connectivity index is 1.93. The molecule has 142 valence electrons. The summed E-state index contributed by atoms with van der Waals surface area (Å²) in [6.45, 7) is 0.407. The van der Waals surface area contributed by atoms with E-state index in [0.717, 1.165) is 10.5 Å². The van der Waals surface area contributed by atoms with Crippen LogP contribution in [0.2, 0.25) is 0 Å². The minimum Gasteiger partial charge on any atom is -0.375 e. The quantitative estimate of drug-likeness (QED) is 0.822. The third-order valence-corrected chi connectivity index (χ3v) is 4.45. The standard InChI is InChI=1S/C19H17F3N2O3/c1-23(19(26)18-14(21)7-12(20)8-15(18)22)13-4-3-11-5-6-24(16(11)9-13)17(25)10-27-2/h3-4,7-9H,5-6,10H2,1-2H3. The fourth-order valence-electron chi connectivity index (χ4n) is 3.07. The summed E-state index contributed by atoms with van der Waals surface area (Å²) in [7, 11) is 2.77. The van der Waals surface area contributed by atoms with Gasteiger partial charge in [-0.15, -0.1) is 0 Å². The fraction of sp³-hybridized carbons (Fsp3) is 0.263. The van der Waals surface area contributed by atoms with Gasteiger partial charge < -0.3 is 14.5 Å².